The number of carbonyl (C=O) groups excluding carboxylic acids is 2. The molecule has 0 spiro atoms. The molecule has 29 nitrogen and oxygen atoms in total. The summed E-state index contributed by atoms with van der Waals surface area (Å²) in [4.78, 5) is 89.6. The zero-order chi connectivity index (χ0) is 49.7. The van der Waals surface area contributed by atoms with E-state index in [4.69, 9.17) is 45.0 Å². The van der Waals surface area contributed by atoms with Crippen molar-refractivity contribution in [1.82, 2.24) is 34.0 Å². The van der Waals surface area contributed by atoms with Gasteiger partial charge >= 0.3 is 33.4 Å². The lowest BCUT2D eigenvalue weighted by molar-refractivity contribution is -0.161. The van der Waals surface area contributed by atoms with Crippen LogP contribution in [0.1, 0.15) is 38.8 Å². The van der Waals surface area contributed by atoms with Gasteiger partial charge in [-0.1, -0.05) is 71.7 Å². The Bertz CT molecular complexity index is 2650. The summed E-state index contributed by atoms with van der Waals surface area (Å²) in [6.07, 6.45) is -11.7. The van der Waals surface area contributed by atoms with Crippen LogP contribution in [0.3, 0.4) is 0 Å². The van der Waals surface area contributed by atoms with E-state index in [1.807, 2.05) is 20.8 Å². The number of azide groups is 1. The third-order valence-electron chi connectivity index (χ3n) is 9.74. The standard InChI is InChI=1S/C35H46N12O17P2S2/c1-35(2,3)68-67-14-19(45(4)34(52)58-11-17-5-7-18(8-6-17)43-44-38)32(50)63-26-20(61-31(24(26)48)47-16-41-23-28(37)39-15-40-29(23)47)13-60-66(56,57)64-27-21(12-59-65(53,54)55)62-30(25(27)49)46-10-9-22(36)42-33(46)51/h5-10,15-16,19-21,24-27,30-31,48-49H,11-14H2,1-4H3,(H,56,57)(H2,36,42,51)(H2,37,39,40)(H2,53,54,55)/t19?,20-,21-,24-,25-,26-,27-,30-,31-/m1/s1. The minimum Gasteiger partial charge on any atom is -0.455 e. The number of carbonyl (C=O) groups is 2. The first-order valence-corrected chi connectivity index (χ1v) is 25.1. The number of aromatic nitrogens is 6. The maximum absolute atomic E-state index is 14.3. The van der Waals surface area contributed by atoms with Crippen LogP contribution in [0.4, 0.5) is 22.1 Å². The number of phosphoric acid groups is 2. The second kappa shape index (κ2) is 21.8. The summed E-state index contributed by atoms with van der Waals surface area (Å²) in [5.74, 6) is -1.37. The van der Waals surface area contributed by atoms with Crippen LogP contribution in [0.5, 0.6) is 0 Å². The van der Waals surface area contributed by atoms with Gasteiger partial charge in [0, 0.05) is 34.3 Å². The highest BCUT2D eigenvalue weighted by Gasteiger charge is 2.52. The van der Waals surface area contributed by atoms with E-state index in [0.717, 1.165) is 22.0 Å². The molecule has 68 heavy (non-hydrogen) atoms. The van der Waals surface area contributed by atoms with Crippen LogP contribution in [-0.4, -0.2) is 144 Å². The van der Waals surface area contributed by atoms with E-state index >= 15 is 0 Å². The third-order valence-corrected chi connectivity index (χ3v) is 14.5. The van der Waals surface area contributed by atoms with Crippen molar-refractivity contribution >= 4 is 77.8 Å². The number of likely N-dealkylation sites (N-methyl/N-ethyl adjacent to an activating group) is 1. The van der Waals surface area contributed by atoms with E-state index in [2.05, 4.69) is 34.5 Å². The molecule has 5 heterocycles. The molecular formula is C35H46N12O17P2S2. The lowest BCUT2D eigenvalue weighted by Crippen LogP contribution is -2.48. The normalized spacial score (nSPS) is 24.2. The van der Waals surface area contributed by atoms with Crippen LogP contribution in [0.2, 0.25) is 0 Å². The number of amides is 1. The summed E-state index contributed by atoms with van der Waals surface area (Å²) in [5.41, 5.74) is 20.2. The summed E-state index contributed by atoms with van der Waals surface area (Å²) in [7, 11) is -6.75. The van der Waals surface area contributed by atoms with Crippen molar-refractivity contribution in [1.29, 1.82) is 0 Å². The summed E-state index contributed by atoms with van der Waals surface area (Å²) in [6, 6.07) is 5.95. The monoisotopic (exact) mass is 1030 g/mol. The number of hydrogen-bond acceptors (Lipinski definition) is 23. The van der Waals surface area contributed by atoms with E-state index in [1.54, 1.807) is 12.1 Å². The van der Waals surface area contributed by atoms with Crippen molar-refractivity contribution in [2.45, 2.75) is 87.2 Å². The molecule has 370 valence electrons. The summed E-state index contributed by atoms with van der Waals surface area (Å²) < 4.78 is 65.1. The van der Waals surface area contributed by atoms with Crippen LogP contribution in [0, 0.1) is 0 Å². The van der Waals surface area contributed by atoms with Gasteiger partial charge in [-0.2, -0.15) is 4.98 Å². The van der Waals surface area contributed by atoms with Gasteiger partial charge in [0.05, 0.1) is 19.5 Å². The van der Waals surface area contributed by atoms with Gasteiger partial charge in [-0.3, -0.25) is 27.6 Å². The van der Waals surface area contributed by atoms with Crippen molar-refractivity contribution in [3.8, 4) is 0 Å². The number of phosphoric ester groups is 2. The Morgan fingerprint density at radius 3 is 2.28 bits per heavy atom. The minimum atomic E-state index is -5.46. The van der Waals surface area contributed by atoms with Crippen LogP contribution in [0.25, 0.3) is 21.6 Å². The number of ether oxygens (including phenoxy) is 4. The smallest absolute Gasteiger partial charge is 0.455 e. The van der Waals surface area contributed by atoms with Crippen molar-refractivity contribution in [3.63, 3.8) is 0 Å². The number of nitrogens with zero attached hydrogens (tertiary/aromatic N) is 10. The number of aliphatic hydroxyl groups excluding tert-OH is 2. The predicted octanol–water partition coefficient (Wildman–Crippen LogP) is 2.05. The van der Waals surface area contributed by atoms with Gasteiger partial charge in [0.1, 0.15) is 60.8 Å². The van der Waals surface area contributed by atoms with Gasteiger partial charge in [0.15, 0.2) is 30.0 Å². The van der Waals surface area contributed by atoms with Gasteiger partial charge < -0.3 is 55.3 Å². The first-order chi connectivity index (χ1) is 31.9. The number of hydrogen-bond donors (Lipinski definition) is 7. The molecule has 0 saturated carbocycles. The zero-order valence-corrected chi connectivity index (χ0v) is 39.5. The number of fused-ring (bicyclic) bond motifs is 1. The molecule has 2 aliphatic heterocycles. The molecule has 0 radical (unpaired) electrons. The van der Waals surface area contributed by atoms with Gasteiger partial charge in [0.25, 0.3) is 0 Å². The SMILES string of the molecule is CN(C(=O)OCc1ccc(N=[N+]=[N-])cc1)C(CSSC(C)(C)C)C(=O)O[C@H]1[C@@H](O)[C@H](n2cnc3c(N)ncnc32)O[C@@H]1COP(=O)(O)O[C@H]1[C@@H](O)[C@H](n2ccc(N)nc2=O)O[C@@H]1COP(=O)(O)O. The summed E-state index contributed by atoms with van der Waals surface area (Å²) >= 11 is 0. The Balaban J connectivity index is 1.24. The molecule has 1 aromatic carbocycles. The molecule has 4 aromatic rings. The highest BCUT2D eigenvalue weighted by atomic mass is 33.1. The predicted molar refractivity (Wildman–Crippen MR) is 238 cm³/mol. The lowest BCUT2D eigenvalue weighted by Gasteiger charge is -2.29. The van der Waals surface area contributed by atoms with Gasteiger partial charge in [-0.15, -0.1) is 0 Å². The second-order valence-corrected chi connectivity index (χ2v) is 21.6. The number of anilines is 2. The average Bonchev–Trinajstić information content (AvgIpc) is 3.92. The Kier molecular flexibility index (Phi) is 16.8. The fraction of sp³-hybridized carbons (Fsp3) is 0.514. The number of nitrogens with two attached hydrogens (primary N) is 2. The third kappa shape index (κ3) is 13.2. The van der Waals surface area contributed by atoms with Crippen molar-refractivity contribution in [2.75, 3.05) is 37.5 Å². The molecule has 9 N–H and O–H groups in total. The van der Waals surface area contributed by atoms with Crippen LogP contribution < -0.4 is 17.2 Å². The molecule has 1 amide bonds. The van der Waals surface area contributed by atoms with Gasteiger partial charge in [-0.05, 0) is 17.2 Å². The summed E-state index contributed by atoms with van der Waals surface area (Å²) in [5, 5.41) is 26.5. The second-order valence-electron chi connectivity index (χ2n) is 15.8. The Labute approximate surface area is 392 Å². The molecule has 2 fully saturated rings. The number of benzene rings is 1. The van der Waals surface area contributed by atoms with Crippen molar-refractivity contribution in [2.24, 2.45) is 5.11 Å². The number of aliphatic hydroxyl groups is 2. The van der Waals surface area contributed by atoms with Crippen molar-refractivity contribution < 1.29 is 76.1 Å². The average molecular weight is 1030 g/mol. The number of nitrogen functional groups attached to an aromatic ring is 2. The van der Waals surface area contributed by atoms with Crippen LogP contribution >= 0.6 is 37.2 Å². The minimum absolute atomic E-state index is 0.0293. The zero-order valence-electron chi connectivity index (χ0n) is 36.1. The molecule has 2 unspecified atom stereocenters. The largest absolute Gasteiger partial charge is 0.472 e. The molecule has 0 bridgehead atoms. The lowest BCUT2D eigenvalue weighted by atomic mass is 10.1. The molecule has 0 aliphatic carbocycles. The van der Waals surface area contributed by atoms with Crippen LogP contribution in [0.15, 0.2) is 59.1 Å². The van der Waals surface area contributed by atoms with Gasteiger partial charge in [-0.25, -0.2) is 38.5 Å². The molecule has 3 aromatic heterocycles. The quantitative estimate of drug-likeness (QED) is 0.0176. The highest BCUT2D eigenvalue weighted by molar-refractivity contribution is 8.77. The fourth-order valence-corrected chi connectivity index (χ4v) is 10.4. The number of esters is 1. The molecular weight excluding hydrogens is 987 g/mol. The Morgan fingerprint density at radius 2 is 1.63 bits per heavy atom. The molecule has 2 saturated heterocycles. The van der Waals surface area contributed by atoms with E-state index in [-0.39, 0.29) is 39.9 Å². The molecule has 2 aliphatic rings. The first-order valence-electron chi connectivity index (χ1n) is 19.8. The molecule has 33 heteroatoms. The van der Waals surface area contributed by atoms with Crippen molar-refractivity contribution in [3.05, 3.63) is 75.7 Å². The van der Waals surface area contributed by atoms with Crippen LogP contribution in [-0.2, 0) is 53.1 Å². The topological polar surface area (TPSA) is 417 Å². The summed E-state index contributed by atoms with van der Waals surface area (Å²) in [6.45, 7) is 3.50. The highest BCUT2D eigenvalue weighted by Crippen LogP contribution is 2.50. The number of imidazole rings is 1. The fourth-order valence-electron chi connectivity index (χ4n) is 6.55. The van der Waals surface area contributed by atoms with E-state index in [0.29, 0.717) is 11.3 Å². The Hall–Kier alpha value is -4.94. The first kappa shape index (κ1) is 52.4. The van der Waals surface area contributed by atoms with E-state index in [9.17, 15) is 48.4 Å². The van der Waals surface area contributed by atoms with E-state index in [1.165, 1.54) is 57.7 Å². The Morgan fingerprint density at radius 1 is 0.985 bits per heavy atom. The molecule has 10 atom stereocenters. The van der Waals surface area contributed by atoms with Gasteiger partial charge in [0.2, 0.25) is 0 Å². The maximum atomic E-state index is 14.3. The van der Waals surface area contributed by atoms with E-state index < -0.39 is 102 Å². The number of rotatable bonds is 19. The molecule has 6 rings (SSSR count). The maximum Gasteiger partial charge on any atom is 0.472 e.